The van der Waals surface area contributed by atoms with Crippen LogP contribution in [0.4, 0.5) is 0 Å². The first kappa shape index (κ1) is 32.3. The molecule has 0 spiro atoms. The zero-order valence-electron chi connectivity index (χ0n) is 25.5. The van der Waals surface area contributed by atoms with Crippen LogP contribution in [-0.4, -0.2) is 6.88 Å². The van der Waals surface area contributed by atoms with Gasteiger partial charge in [-0.15, -0.1) is 24.8 Å². The molecule has 2 aliphatic carbocycles. The summed E-state index contributed by atoms with van der Waals surface area (Å²) in [5, 5.41) is 0. The number of rotatable bonds is 4. The van der Waals surface area contributed by atoms with Crippen LogP contribution >= 0.6 is 24.8 Å². The van der Waals surface area contributed by atoms with Crippen LogP contribution < -0.4 is 0 Å². The van der Waals surface area contributed by atoms with Crippen LogP contribution in [0.25, 0.3) is 23.3 Å². The van der Waals surface area contributed by atoms with Gasteiger partial charge in [0.1, 0.15) is 0 Å². The Morgan fingerprint density at radius 3 is 1.85 bits per heavy atom. The second-order valence-corrected chi connectivity index (χ2v) is 43.9. The molecule has 0 radical (unpaired) electrons. The van der Waals surface area contributed by atoms with Gasteiger partial charge in [-0.2, -0.15) is 0 Å². The van der Waals surface area contributed by atoms with Crippen molar-refractivity contribution in [2.45, 2.75) is 71.9 Å². The third kappa shape index (κ3) is 4.86. The molecule has 5 rings (SSSR count). The van der Waals surface area contributed by atoms with Crippen molar-refractivity contribution in [2.24, 2.45) is 5.92 Å². The summed E-state index contributed by atoms with van der Waals surface area (Å²) in [6, 6.07) is 15.8. The first-order valence-electron chi connectivity index (χ1n) is 14.0. The monoisotopic (exact) mass is 654 g/mol. The Labute approximate surface area is 252 Å². The number of hydrogen-bond donors (Lipinski definition) is 0. The first-order valence-corrected chi connectivity index (χ1v) is 27.7. The van der Waals surface area contributed by atoms with Crippen molar-refractivity contribution in [1.82, 2.24) is 0 Å². The predicted molar refractivity (Wildman–Crippen MR) is 179 cm³/mol. The quantitative estimate of drug-likeness (QED) is 0.245. The number of hydrogen-bond acceptors (Lipinski definition) is 0. The molecule has 0 nitrogen and oxygen atoms in total. The van der Waals surface area contributed by atoms with E-state index in [1.54, 1.807) is 22.3 Å². The minimum absolute atomic E-state index is 0. The van der Waals surface area contributed by atoms with E-state index >= 15 is 0 Å². The van der Waals surface area contributed by atoms with Crippen molar-refractivity contribution >= 4 is 43.8 Å². The molecule has 4 heteroatoms. The van der Waals surface area contributed by atoms with Crippen molar-refractivity contribution in [2.75, 3.05) is 0 Å². The summed E-state index contributed by atoms with van der Waals surface area (Å²) in [5.74, 6) is 0.555. The van der Waals surface area contributed by atoms with E-state index in [-0.39, 0.29) is 24.8 Å². The van der Waals surface area contributed by atoms with Crippen LogP contribution in [0.2, 0.25) is 9.26 Å². The van der Waals surface area contributed by atoms with Gasteiger partial charge in [0.25, 0.3) is 0 Å². The summed E-state index contributed by atoms with van der Waals surface area (Å²) in [5.41, 5.74) is 19.7. The maximum absolute atomic E-state index is 3.59. The van der Waals surface area contributed by atoms with Gasteiger partial charge in [-0.05, 0) is 0 Å². The summed E-state index contributed by atoms with van der Waals surface area (Å²) < 4.78 is 6.70. The molecule has 39 heavy (non-hydrogen) atoms. The van der Waals surface area contributed by atoms with Crippen LogP contribution in [0, 0.1) is 40.5 Å². The molecule has 3 aromatic carbocycles. The number of allylic oxidation sites excluding steroid dienone is 2. The van der Waals surface area contributed by atoms with E-state index in [1.165, 1.54) is 50.1 Å². The standard InChI is InChI=1S/C19H19.C14H17.2CH3.2ClH.H2Si.Zr/c1-12-10-17-14(3)13(2)15(4)19(18(17)11-12)16-8-6-5-7-9-16;1-9(2)12-7-13-10(3)5-6-11(4)14(13)8-12;;;;;;/h5-11H,1-4H3;5-9H,1-4H3;2*1H3;2*1H;1H2;. The molecular formula is C35H46Cl2SiZr. The molecular weight excluding hydrogens is 611 g/mol. The normalized spacial score (nSPS) is 18.2. The fraction of sp³-hybridized carbons (Fsp3) is 0.371. The van der Waals surface area contributed by atoms with Gasteiger partial charge in [-0.1, -0.05) is 0 Å². The van der Waals surface area contributed by atoms with E-state index in [0.717, 1.165) is 0 Å². The van der Waals surface area contributed by atoms with Crippen molar-refractivity contribution in [3.63, 3.8) is 0 Å². The fourth-order valence-corrected chi connectivity index (χ4v) is 28.7. The third-order valence-electron chi connectivity index (χ3n) is 9.86. The van der Waals surface area contributed by atoms with Crippen molar-refractivity contribution in [3.05, 3.63) is 104 Å². The Morgan fingerprint density at radius 2 is 1.26 bits per heavy atom. The van der Waals surface area contributed by atoms with Gasteiger partial charge in [0, 0.05) is 0 Å². The Balaban J connectivity index is 0.00000210. The van der Waals surface area contributed by atoms with Gasteiger partial charge in [0.15, 0.2) is 0 Å². The maximum Gasteiger partial charge on any atom is -0.147 e. The van der Waals surface area contributed by atoms with Gasteiger partial charge in [0.05, 0.1) is 0 Å². The van der Waals surface area contributed by atoms with Crippen molar-refractivity contribution in [3.8, 4) is 11.1 Å². The summed E-state index contributed by atoms with van der Waals surface area (Å²) in [4.78, 5) is 0. The van der Waals surface area contributed by atoms with Crippen LogP contribution in [0.3, 0.4) is 0 Å². The van der Waals surface area contributed by atoms with Gasteiger partial charge in [0.2, 0.25) is 0 Å². The zero-order chi connectivity index (χ0) is 27.0. The molecule has 0 saturated heterocycles. The Morgan fingerprint density at radius 1 is 0.667 bits per heavy atom. The Kier molecular flexibility index (Phi) is 9.04. The molecule has 2 aliphatic rings. The van der Waals surface area contributed by atoms with Crippen LogP contribution in [0.5, 0.6) is 0 Å². The molecule has 0 bridgehead atoms. The smallest absolute Gasteiger partial charge is 0.147 e. The fourth-order valence-electron chi connectivity index (χ4n) is 8.00. The number of benzene rings is 3. The van der Waals surface area contributed by atoms with E-state index < -0.39 is 17.4 Å². The Bertz CT molecular complexity index is 1590. The minimum Gasteiger partial charge on any atom is -0.147 e. The Hall–Kier alpha value is -1.18. The van der Waals surface area contributed by atoms with E-state index in [4.69, 9.17) is 0 Å². The summed E-state index contributed by atoms with van der Waals surface area (Å²) in [7, 11) is 0. The topological polar surface area (TPSA) is 0 Å². The van der Waals surface area contributed by atoms with E-state index in [9.17, 15) is 0 Å². The summed E-state index contributed by atoms with van der Waals surface area (Å²) in [6.07, 6.45) is 5.17. The van der Waals surface area contributed by atoms with Gasteiger partial charge >= 0.3 is 229 Å². The average molecular weight is 657 g/mol. The second-order valence-electron chi connectivity index (χ2n) is 13.5. The van der Waals surface area contributed by atoms with Crippen LogP contribution in [0.1, 0.15) is 78.1 Å². The van der Waals surface area contributed by atoms with E-state index in [0.29, 0.717) is 13.2 Å². The average Bonchev–Trinajstić information content (AvgIpc) is 3.42. The summed E-state index contributed by atoms with van der Waals surface area (Å²) >= 11 is -3.59. The molecule has 0 aromatic heterocycles. The molecule has 3 aromatic rings. The molecule has 2 unspecified atom stereocenters. The largest absolute Gasteiger partial charge is 0.147 e. The molecule has 0 aliphatic heterocycles. The summed E-state index contributed by atoms with van der Waals surface area (Å²) in [6.45, 7) is 21.5. The van der Waals surface area contributed by atoms with Crippen LogP contribution in [0.15, 0.2) is 53.6 Å². The molecule has 0 saturated carbocycles. The molecule has 0 heterocycles. The number of fused-ring (bicyclic) bond motifs is 2. The first-order chi connectivity index (χ1) is 17.2. The van der Waals surface area contributed by atoms with E-state index in [1.807, 2.05) is 0 Å². The zero-order valence-corrected chi connectivity index (χ0v) is 31.0. The number of halogens is 2. The molecule has 0 fully saturated rings. The SMILES string of the molecule is CC1=Cc2c(-c3ccccc3)c(C)c(C)c(C)c2[CH]1[Zr]([CH3])([CH3])(=[SiH2])[CH]1C(C(C)C)=Cc2c(C)ccc(C)c21.Cl.Cl. The second kappa shape index (κ2) is 10.9. The predicted octanol–water partition coefficient (Wildman–Crippen LogP) is 10.3. The number of aryl methyl sites for hydroxylation is 2. The van der Waals surface area contributed by atoms with Gasteiger partial charge in [-0.25, -0.2) is 0 Å². The molecule has 208 valence electrons. The van der Waals surface area contributed by atoms with Crippen molar-refractivity contribution in [1.29, 1.82) is 0 Å². The third-order valence-corrected chi connectivity index (χ3v) is 27.4. The van der Waals surface area contributed by atoms with Crippen molar-refractivity contribution < 1.29 is 17.4 Å². The van der Waals surface area contributed by atoms with Gasteiger partial charge in [-0.3, -0.25) is 0 Å². The maximum atomic E-state index is 2.78. The molecule has 0 amide bonds. The van der Waals surface area contributed by atoms with Gasteiger partial charge < -0.3 is 0 Å². The van der Waals surface area contributed by atoms with E-state index in [2.05, 4.69) is 126 Å². The molecule has 0 N–H and O–H groups in total. The molecule has 2 atom stereocenters. The minimum atomic E-state index is -3.59. The van der Waals surface area contributed by atoms with Crippen LogP contribution in [-0.2, 0) is 17.4 Å².